The van der Waals surface area contributed by atoms with Gasteiger partial charge >= 0.3 is 0 Å². The maximum absolute atomic E-state index is 11.7. The topological polar surface area (TPSA) is 70.7 Å². The van der Waals surface area contributed by atoms with Crippen molar-refractivity contribution < 1.29 is 4.79 Å². The number of amides is 1. The van der Waals surface area contributed by atoms with Crippen LogP contribution >= 0.6 is 0 Å². The monoisotopic (exact) mass is 222 g/mol. The highest BCUT2D eigenvalue weighted by Gasteiger charge is 2.22. The van der Waals surface area contributed by atoms with Gasteiger partial charge in [-0.3, -0.25) is 4.79 Å². The van der Waals surface area contributed by atoms with Gasteiger partial charge in [0.1, 0.15) is 0 Å². The maximum Gasteiger partial charge on any atom is 0.273 e. The van der Waals surface area contributed by atoms with Crippen molar-refractivity contribution in [2.75, 3.05) is 0 Å². The van der Waals surface area contributed by atoms with Crippen molar-refractivity contribution in [2.45, 2.75) is 45.1 Å². The van der Waals surface area contributed by atoms with Crippen LogP contribution in [0.25, 0.3) is 0 Å². The van der Waals surface area contributed by atoms with E-state index in [-0.39, 0.29) is 11.9 Å². The first-order chi connectivity index (χ1) is 7.77. The normalized spacial score (nSPS) is 19.3. The Bertz CT molecular complexity index is 330. The van der Waals surface area contributed by atoms with Gasteiger partial charge < -0.3 is 5.32 Å². The Kier molecular flexibility index (Phi) is 3.54. The van der Waals surface area contributed by atoms with Crippen molar-refractivity contribution in [1.29, 1.82) is 0 Å². The van der Waals surface area contributed by atoms with E-state index in [1.807, 2.05) is 0 Å². The van der Waals surface area contributed by atoms with E-state index in [2.05, 4.69) is 27.7 Å². The molecule has 88 valence electrons. The van der Waals surface area contributed by atoms with Crippen molar-refractivity contribution in [1.82, 2.24) is 20.7 Å². The molecule has 0 radical (unpaired) electrons. The van der Waals surface area contributed by atoms with Gasteiger partial charge in [0.2, 0.25) is 0 Å². The van der Waals surface area contributed by atoms with E-state index in [0.29, 0.717) is 11.6 Å². The van der Waals surface area contributed by atoms with Gasteiger partial charge in [-0.15, -0.1) is 0 Å². The summed E-state index contributed by atoms with van der Waals surface area (Å²) in [4.78, 5) is 11.7. The maximum atomic E-state index is 11.7. The molecule has 1 amide bonds. The van der Waals surface area contributed by atoms with Gasteiger partial charge in [-0.05, 0) is 25.7 Å². The fraction of sp³-hybridized carbons (Fsp3) is 0.727. The molecule has 0 bridgehead atoms. The van der Waals surface area contributed by atoms with Crippen molar-refractivity contribution >= 4 is 5.91 Å². The molecule has 1 saturated carbocycles. The minimum Gasteiger partial charge on any atom is -0.348 e. The minimum absolute atomic E-state index is 0.133. The molecular weight excluding hydrogens is 204 g/mol. The van der Waals surface area contributed by atoms with Crippen molar-refractivity contribution in [3.05, 3.63) is 11.9 Å². The molecule has 1 aliphatic rings. The van der Waals surface area contributed by atoms with Crippen molar-refractivity contribution in [3.63, 3.8) is 0 Å². The summed E-state index contributed by atoms with van der Waals surface area (Å²) in [5.41, 5.74) is 0.364. The van der Waals surface area contributed by atoms with Gasteiger partial charge in [-0.2, -0.15) is 15.4 Å². The summed E-state index contributed by atoms with van der Waals surface area (Å²) in [7, 11) is 0. The van der Waals surface area contributed by atoms with E-state index in [0.717, 1.165) is 0 Å². The van der Waals surface area contributed by atoms with Gasteiger partial charge in [0.25, 0.3) is 5.91 Å². The summed E-state index contributed by atoms with van der Waals surface area (Å²) in [5.74, 6) is 0.483. The van der Waals surface area contributed by atoms with Gasteiger partial charge in [-0.25, -0.2) is 0 Å². The number of aromatic nitrogens is 3. The molecule has 0 aliphatic heterocycles. The zero-order valence-corrected chi connectivity index (χ0v) is 9.57. The summed E-state index contributed by atoms with van der Waals surface area (Å²) >= 11 is 0. The van der Waals surface area contributed by atoms with Gasteiger partial charge in [-0.1, -0.05) is 19.3 Å². The van der Waals surface area contributed by atoms with Crippen LogP contribution in [-0.4, -0.2) is 27.4 Å². The van der Waals surface area contributed by atoms with E-state index < -0.39 is 0 Å². The second kappa shape index (κ2) is 5.09. The largest absolute Gasteiger partial charge is 0.348 e. The molecular formula is C11H18N4O. The molecule has 0 spiro atoms. The second-order valence-electron chi connectivity index (χ2n) is 4.52. The average Bonchev–Trinajstić information content (AvgIpc) is 2.83. The standard InChI is InChI=1S/C11H18N4O/c1-8(9-5-3-2-4-6-9)13-11(16)10-7-12-15-14-10/h7-9H,2-6H2,1H3,(H,13,16)(H,12,14,15). The quantitative estimate of drug-likeness (QED) is 0.814. The third-order valence-corrected chi connectivity index (χ3v) is 3.36. The molecule has 1 aromatic rings. The average molecular weight is 222 g/mol. The SMILES string of the molecule is CC(NC(=O)c1cn[nH]n1)C1CCCCC1. The molecule has 1 heterocycles. The summed E-state index contributed by atoms with van der Waals surface area (Å²) in [5, 5.41) is 12.8. The lowest BCUT2D eigenvalue weighted by molar-refractivity contribution is 0.0914. The Labute approximate surface area is 95.0 Å². The molecule has 2 N–H and O–H groups in total. The Morgan fingerprint density at radius 1 is 1.50 bits per heavy atom. The van der Waals surface area contributed by atoms with Crippen molar-refractivity contribution in [3.8, 4) is 0 Å². The fourth-order valence-electron chi connectivity index (χ4n) is 2.34. The predicted octanol–water partition coefficient (Wildman–Crippen LogP) is 1.50. The molecule has 2 rings (SSSR count). The third-order valence-electron chi connectivity index (χ3n) is 3.36. The van der Waals surface area contributed by atoms with Crippen LogP contribution in [0.1, 0.15) is 49.5 Å². The first kappa shape index (κ1) is 11.1. The van der Waals surface area contributed by atoms with Gasteiger partial charge in [0.05, 0.1) is 6.20 Å². The molecule has 1 aliphatic carbocycles. The Morgan fingerprint density at radius 3 is 2.88 bits per heavy atom. The van der Waals surface area contributed by atoms with Crippen LogP contribution < -0.4 is 5.32 Å². The highest BCUT2D eigenvalue weighted by molar-refractivity contribution is 5.91. The molecule has 1 unspecified atom stereocenters. The lowest BCUT2D eigenvalue weighted by atomic mass is 9.84. The molecule has 1 atom stereocenters. The number of carbonyl (C=O) groups is 1. The van der Waals surface area contributed by atoms with Crippen LogP contribution in [0.2, 0.25) is 0 Å². The summed E-state index contributed by atoms with van der Waals surface area (Å²) in [6.45, 7) is 2.08. The number of nitrogens with zero attached hydrogens (tertiary/aromatic N) is 2. The Morgan fingerprint density at radius 2 is 2.25 bits per heavy atom. The first-order valence-corrected chi connectivity index (χ1v) is 5.94. The van der Waals surface area contributed by atoms with E-state index in [1.165, 1.54) is 38.3 Å². The molecule has 1 aromatic heterocycles. The molecule has 5 nitrogen and oxygen atoms in total. The van der Waals surface area contributed by atoms with E-state index in [4.69, 9.17) is 0 Å². The zero-order chi connectivity index (χ0) is 11.4. The van der Waals surface area contributed by atoms with E-state index in [1.54, 1.807) is 0 Å². The van der Waals surface area contributed by atoms with Crippen LogP contribution in [0.4, 0.5) is 0 Å². The zero-order valence-electron chi connectivity index (χ0n) is 9.57. The molecule has 5 heteroatoms. The van der Waals surface area contributed by atoms with Crippen LogP contribution in [0, 0.1) is 5.92 Å². The third kappa shape index (κ3) is 2.59. The minimum atomic E-state index is -0.133. The van der Waals surface area contributed by atoms with Gasteiger partial charge in [0, 0.05) is 6.04 Å². The molecule has 0 aromatic carbocycles. The lowest BCUT2D eigenvalue weighted by Gasteiger charge is -2.27. The number of aromatic amines is 1. The smallest absolute Gasteiger partial charge is 0.273 e. The predicted molar refractivity (Wildman–Crippen MR) is 59.9 cm³/mol. The summed E-state index contributed by atoms with van der Waals surface area (Å²) in [6, 6.07) is 0.226. The molecule has 1 fully saturated rings. The summed E-state index contributed by atoms with van der Waals surface area (Å²) < 4.78 is 0. The second-order valence-corrected chi connectivity index (χ2v) is 4.52. The number of H-pyrrole nitrogens is 1. The number of carbonyl (C=O) groups excluding carboxylic acids is 1. The van der Waals surface area contributed by atoms with Gasteiger partial charge in [0.15, 0.2) is 5.69 Å². The number of rotatable bonds is 3. The first-order valence-electron chi connectivity index (χ1n) is 5.94. The number of hydrogen-bond acceptors (Lipinski definition) is 3. The Hall–Kier alpha value is -1.39. The number of hydrogen-bond donors (Lipinski definition) is 2. The van der Waals surface area contributed by atoms with E-state index >= 15 is 0 Å². The lowest BCUT2D eigenvalue weighted by Crippen LogP contribution is -2.39. The summed E-state index contributed by atoms with van der Waals surface area (Å²) in [6.07, 6.45) is 7.80. The highest BCUT2D eigenvalue weighted by Crippen LogP contribution is 2.26. The fourth-order valence-corrected chi connectivity index (χ4v) is 2.34. The van der Waals surface area contributed by atoms with Crippen molar-refractivity contribution in [2.24, 2.45) is 5.92 Å². The van der Waals surface area contributed by atoms with Crippen LogP contribution in [0.5, 0.6) is 0 Å². The molecule has 16 heavy (non-hydrogen) atoms. The molecule has 0 saturated heterocycles. The van der Waals surface area contributed by atoms with Crippen LogP contribution in [0.3, 0.4) is 0 Å². The highest BCUT2D eigenvalue weighted by atomic mass is 16.2. The van der Waals surface area contributed by atoms with Crippen LogP contribution in [-0.2, 0) is 0 Å². The Balaban J connectivity index is 1.86. The number of nitrogens with one attached hydrogen (secondary N) is 2. The van der Waals surface area contributed by atoms with E-state index in [9.17, 15) is 4.79 Å². The van der Waals surface area contributed by atoms with Crippen LogP contribution in [0.15, 0.2) is 6.20 Å².